The van der Waals surface area contributed by atoms with E-state index in [1.807, 2.05) is 0 Å². The second-order valence-corrected chi connectivity index (χ2v) is 5.90. The minimum atomic E-state index is -1.73. The van der Waals surface area contributed by atoms with Gasteiger partial charge in [-0.25, -0.2) is 9.59 Å². The van der Waals surface area contributed by atoms with E-state index in [2.05, 4.69) is 12.2 Å². The van der Waals surface area contributed by atoms with Crippen LogP contribution in [0.1, 0.15) is 79.1 Å². The number of unbranched alkanes of at least 4 members (excludes halogenated alkanes) is 6. The molecule has 24 heavy (non-hydrogen) atoms. The quantitative estimate of drug-likeness (QED) is 0.316. The van der Waals surface area contributed by atoms with Gasteiger partial charge in [-0.3, -0.25) is 4.79 Å². The Morgan fingerprint density at radius 2 is 1.25 bits per heavy atom. The van der Waals surface area contributed by atoms with Crippen molar-refractivity contribution in [3.63, 3.8) is 0 Å². The summed E-state index contributed by atoms with van der Waals surface area (Å²) in [4.78, 5) is 36.3. The third-order valence-corrected chi connectivity index (χ3v) is 3.79. The van der Waals surface area contributed by atoms with E-state index in [1.54, 1.807) is 13.8 Å². The number of amides is 1. The van der Waals surface area contributed by atoms with Crippen molar-refractivity contribution in [2.75, 3.05) is 13.2 Å². The van der Waals surface area contributed by atoms with Crippen LogP contribution in [-0.2, 0) is 23.9 Å². The van der Waals surface area contributed by atoms with Crippen LogP contribution in [0, 0.1) is 0 Å². The number of hydrogen-bond donors (Lipinski definition) is 1. The van der Waals surface area contributed by atoms with E-state index in [4.69, 9.17) is 9.47 Å². The summed E-state index contributed by atoms with van der Waals surface area (Å²) in [5, 5.41) is 2.49. The molecule has 0 saturated heterocycles. The van der Waals surface area contributed by atoms with Crippen molar-refractivity contribution in [1.29, 1.82) is 0 Å². The zero-order valence-electron chi connectivity index (χ0n) is 15.6. The number of carbonyl (C=O) groups excluding carboxylic acids is 3. The summed E-state index contributed by atoms with van der Waals surface area (Å²) in [6, 6.07) is 0. The predicted octanol–water partition coefficient (Wildman–Crippen LogP) is 3.13. The molecule has 0 unspecified atom stereocenters. The van der Waals surface area contributed by atoms with Gasteiger partial charge in [0.1, 0.15) is 0 Å². The van der Waals surface area contributed by atoms with Crippen LogP contribution >= 0.6 is 0 Å². The van der Waals surface area contributed by atoms with Gasteiger partial charge in [0.05, 0.1) is 13.2 Å². The predicted molar refractivity (Wildman–Crippen MR) is 92.4 cm³/mol. The monoisotopic (exact) mass is 343 g/mol. The zero-order valence-corrected chi connectivity index (χ0v) is 15.6. The molecule has 0 aromatic heterocycles. The van der Waals surface area contributed by atoms with E-state index < -0.39 is 23.4 Å². The maximum atomic E-state index is 12.4. The molecule has 0 bridgehead atoms. The summed E-state index contributed by atoms with van der Waals surface area (Å²) in [5.41, 5.74) is -1.73. The highest BCUT2D eigenvalue weighted by Crippen LogP contribution is 2.21. The van der Waals surface area contributed by atoms with Crippen molar-refractivity contribution >= 4 is 17.8 Å². The first-order valence-electron chi connectivity index (χ1n) is 9.07. The molecule has 6 nitrogen and oxygen atoms in total. The van der Waals surface area contributed by atoms with Crippen LogP contribution in [0.25, 0.3) is 0 Å². The lowest BCUT2D eigenvalue weighted by Gasteiger charge is -2.29. The van der Waals surface area contributed by atoms with E-state index in [9.17, 15) is 14.4 Å². The number of carbonyl (C=O) groups is 3. The maximum Gasteiger partial charge on any atom is 0.343 e. The molecule has 1 N–H and O–H groups in total. The molecule has 0 spiro atoms. The van der Waals surface area contributed by atoms with Crippen molar-refractivity contribution in [1.82, 2.24) is 5.32 Å². The highest BCUT2D eigenvalue weighted by atomic mass is 16.6. The van der Waals surface area contributed by atoms with Crippen LogP contribution in [0.4, 0.5) is 0 Å². The van der Waals surface area contributed by atoms with Crippen LogP contribution in [0.15, 0.2) is 0 Å². The normalized spacial score (nSPS) is 11.0. The first-order valence-corrected chi connectivity index (χ1v) is 9.07. The SMILES string of the molecule is CCCCCCCCCC(NC(C)=O)(C(=O)OCC)C(=O)OCC. The van der Waals surface area contributed by atoms with Gasteiger partial charge >= 0.3 is 11.9 Å². The topological polar surface area (TPSA) is 81.7 Å². The summed E-state index contributed by atoms with van der Waals surface area (Å²) in [6.45, 7) is 7.04. The van der Waals surface area contributed by atoms with Gasteiger partial charge in [-0.15, -0.1) is 0 Å². The lowest BCUT2D eigenvalue weighted by atomic mass is 9.91. The summed E-state index contributed by atoms with van der Waals surface area (Å²) in [6.07, 6.45) is 7.52. The van der Waals surface area contributed by atoms with Crippen LogP contribution in [0.2, 0.25) is 0 Å². The van der Waals surface area contributed by atoms with Crippen LogP contribution < -0.4 is 5.32 Å². The fourth-order valence-corrected chi connectivity index (χ4v) is 2.61. The molecule has 0 rings (SSSR count). The molecule has 0 aliphatic rings. The molecule has 0 fully saturated rings. The fraction of sp³-hybridized carbons (Fsp3) is 0.833. The molecule has 0 atom stereocenters. The third kappa shape index (κ3) is 7.79. The van der Waals surface area contributed by atoms with E-state index >= 15 is 0 Å². The molecular formula is C18H33NO5. The average molecular weight is 343 g/mol. The van der Waals surface area contributed by atoms with Crippen molar-refractivity contribution in [3.05, 3.63) is 0 Å². The van der Waals surface area contributed by atoms with E-state index in [0.717, 1.165) is 19.3 Å². The van der Waals surface area contributed by atoms with Crippen molar-refractivity contribution in [2.24, 2.45) is 0 Å². The minimum Gasteiger partial charge on any atom is -0.464 e. The Bertz CT molecular complexity index is 377. The molecule has 0 aliphatic carbocycles. The molecule has 0 heterocycles. The summed E-state index contributed by atoms with van der Waals surface area (Å²) >= 11 is 0. The number of esters is 2. The van der Waals surface area contributed by atoms with Gasteiger partial charge in [0.15, 0.2) is 0 Å². The van der Waals surface area contributed by atoms with Gasteiger partial charge < -0.3 is 14.8 Å². The second-order valence-electron chi connectivity index (χ2n) is 5.90. The smallest absolute Gasteiger partial charge is 0.343 e. The molecular weight excluding hydrogens is 310 g/mol. The minimum absolute atomic E-state index is 0.136. The number of rotatable bonds is 13. The van der Waals surface area contributed by atoms with Gasteiger partial charge in [-0.05, 0) is 26.7 Å². The third-order valence-electron chi connectivity index (χ3n) is 3.79. The number of ether oxygens (including phenoxy) is 2. The Balaban J connectivity index is 4.89. The van der Waals surface area contributed by atoms with E-state index in [0.29, 0.717) is 6.42 Å². The van der Waals surface area contributed by atoms with E-state index in [-0.39, 0.29) is 19.6 Å². The van der Waals surface area contributed by atoms with Crippen molar-refractivity contribution in [2.45, 2.75) is 84.6 Å². The second kappa shape index (κ2) is 12.8. The molecule has 0 saturated carbocycles. The summed E-state index contributed by atoms with van der Waals surface area (Å²) < 4.78 is 10.1. The summed E-state index contributed by atoms with van der Waals surface area (Å²) in [5.74, 6) is -1.95. The van der Waals surface area contributed by atoms with Crippen LogP contribution in [0.5, 0.6) is 0 Å². The number of hydrogen-bond acceptors (Lipinski definition) is 5. The Morgan fingerprint density at radius 1 is 0.792 bits per heavy atom. The highest BCUT2D eigenvalue weighted by molar-refractivity contribution is 6.07. The maximum absolute atomic E-state index is 12.4. The van der Waals surface area contributed by atoms with Gasteiger partial charge in [-0.2, -0.15) is 0 Å². The first-order chi connectivity index (χ1) is 11.4. The van der Waals surface area contributed by atoms with E-state index in [1.165, 1.54) is 26.2 Å². The van der Waals surface area contributed by atoms with Gasteiger partial charge in [-0.1, -0.05) is 45.4 Å². The Kier molecular flexibility index (Phi) is 11.9. The number of nitrogens with one attached hydrogen (secondary N) is 1. The molecule has 0 aromatic rings. The molecule has 0 aliphatic heterocycles. The van der Waals surface area contributed by atoms with Gasteiger partial charge in [0.2, 0.25) is 11.4 Å². The van der Waals surface area contributed by atoms with Crippen LogP contribution in [0.3, 0.4) is 0 Å². The lowest BCUT2D eigenvalue weighted by molar-refractivity contribution is -0.168. The molecule has 140 valence electrons. The fourth-order valence-electron chi connectivity index (χ4n) is 2.61. The van der Waals surface area contributed by atoms with Crippen LogP contribution in [-0.4, -0.2) is 36.6 Å². The van der Waals surface area contributed by atoms with Crippen molar-refractivity contribution < 1.29 is 23.9 Å². The van der Waals surface area contributed by atoms with Gasteiger partial charge in [0, 0.05) is 6.92 Å². The molecule has 0 radical (unpaired) electrons. The highest BCUT2D eigenvalue weighted by Gasteiger charge is 2.49. The zero-order chi connectivity index (χ0) is 18.4. The Hall–Kier alpha value is -1.59. The standard InChI is InChI=1S/C18H33NO5/c1-5-8-9-10-11-12-13-14-18(19-15(4)20,16(21)23-6-2)17(22)24-7-3/h5-14H2,1-4H3,(H,19,20). The lowest BCUT2D eigenvalue weighted by Crippen LogP contribution is -2.61. The van der Waals surface area contributed by atoms with Gasteiger partial charge in [0.25, 0.3) is 0 Å². The molecule has 0 aromatic carbocycles. The van der Waals surface area contributed by atoms with Crippen molar-refractivity contribution in [3.8, 4) is 0 Å². The Labute approximate surface area is 145 Å². The summed E-state index contributed by atoms with van der Waals surface area (Å²) in [7, 11) is 0. The largest absolute Gasteiger partial charge is 0.464 e. The Morgan fingerprint density at radius 3 is 1.67 bits per heavy atom. The molecule has 1 amide bonds. The first kappa shape index (κ1) is 22.4. The molecule has 6 heteroatoms. The average Bonchev–Trinajstić information content (AvgIpc) is 2.52.